The van der Waals surface area contributed by atoms with Crippen molar-refractivity contribution >= 4 is 23.9 Å². The number of amides is 2. The maximum absolute atomic E-state index is 12.3. The zero-order valence-electron chi connectivity index (χ0n) is 17.9. The number of ether oxygens (including phenoxy) is 1. The number of unbranched alkanes of at least 4 members (excludes halogenated alkanes) is 1. The van der Waals surface area contributed by atoms with Gasteiger partial charge in [-0.2, -0.15) is 5.26 Å². The fraction of sp³-hybridized carbons (Fsp3) is 0.545. The lowest BCUT2D eigenvalue weighted by atomic mass is 9.96. The van der Waals surface area contributed by atoms with Gasteiger partial charge in [0, 0.05) is 36.9 Å². The fourth-order valence-electron chi connectivity index (χ4n) is 3.64. The van der Waals surface area contributed by atoms with E-state index in [-0.39, 0.29) is 23.3 Å². The SMILES string of the molecule is CCCCn1c(C)cc(/C=C(\C#N)C(=O)OCC(=O)N2CCC(C(N)=O)CC2)c1C. The van der Waals surface area contributed by atoms with Gasteiger partial charge in [-0.25, -0.2) is 4.79 Å². The molecule has 0 aromatic carbocycles. The number of nitrogens with zero attached hydrogens (tertiary/aromatic N) is 3. The van der Waals surface area contributed by atoms with Crippen LogP contribution < -0.4 is 5.73 Å². The van der Waals surface area contributed by atoms with E-state index < -0.39 is 12.6 Å². The molecule has 0 spiro atoms. The molecule has 0 saturated carbocycles. The zero-order chi connectivity index (χ0) is 22.3. The highest BCUT2D eigenvalue weighted by atomic mass is 16.5. The van der Waals surface area contributed by atoms with Crippen LogP contribution in [0.5, 0.6) is 0 Å². The highest BCUT2D eigenvalue weighted by Crippen LogP contribution is 2.20. The summed E-state index contributed by atoms with van der Waals surface area (Å²) in [5.41, 5.74) is 7.98. The Labute approximate surface area is 177 Å². The van der Waals surface area contributed by atoms with Crippen molar-refractivity contribution in [2.24, 2.45) is 11.7 Å². The van der Waals surface area contributed by atoms with Gasteiger partial charge >= 0.3 is 5.97 Å². The van der Waals surface area contributed by atoms with Crippen LogP contribution in [0.3, 0.4) is 0 Å². The third kappa shape index (κ3) is 5.72. The quantitative estimate of drug-likeness (QED) is 0.397. The van der Waals surface area contributed by atoms with Gasteiger partial charge in [0.1, 0.15) is 11.6 Å². The van der Waals surface area contributed by atoms with Crippen molar-refractivity contribution in [3.05, 3.63) is 28.6 Å². The Balaban J connectivity index is 1.98. The molecule has 2 N–H and O–H groups in total. The molecule has 30 heavy (non-hydrogen) atoms. The van der Waals surface area contributed by atoms with Gasteiger partial charge in [-0.15, -0.1) is 0 Å². The predicted octanol–water partition coefficient (Wildman–Crippen LogP) is 2.08. The van der Waals surface area contributed by atoms with E-state index in [0.717, 1.165) is 36.3 Å². The molecule has 8 nitrogen and oxygen atoms in total. The van der Waals surface area contributed by atoms with Gasteiger partial charge in [0.15, 0.2) is 6.61 Å². The second-order valence-electron chi connectivity index (χ2n) is 7.64. The van der Waals surface area contributed by atoms with Crippen LogP contribution in [-0.2, 0) is 25.7 Å². The Morgan fingerprint density at radius 1 is 1.30 bits per heavy atom. The topological polar surface area (TPSA) is 118 Å². The first-order valence-electron chi connectivity index (χ1n) is 10.3. The number of esters is 1. The molecule has 1 fully saturated rings. The molecule has 1 aromatic rings. The van der Waals surface area contributed by atoms with E-state index in [1.165, 1.54) is 6.08 Å². The molecule has 0 atom stereocenters. The fourth-order valence-corrected chi connectivity index (χ4v) is 3.64. The largest absolute Gasteiger partial charge is 0.451 e. The lowest BCUT2D eigenvalue weighted by molar-refractivity contribution is -0.149. The van der Waals surface area contributed by atoms with E-state index in [1.807, 2.05) is 26.0 Å². The summed E-state index contributed by atoms with van der Waals surface area (Å²) >= 11 is 0. The molecule has 1 aliphatic rings. The van der Waals surface area contributed by atoms with Crippen molar-refractivity contribution in [3.63, 3.8) is 0 Å². The molecule has 2 rings (SSSR count). The number of hydrogen-bond donors (Lipinski definition) is 1. The van der Waals surface area contributed by atoms with Crippen LogP contribution in [0.25, 0.3) is 6.08 Å². The number of aromatic nitrogens is 1. The highest BCUT2D eigenvalue weighted by Gasteiger charge is 2.26. The molecule has 0 bridgehead atoms. The Kier molecular flexibility index (Phi) is 8.22. The van der Waals surface area contributed by atoms with E-state index >= 15 is 0 Å². The third-order valence-corrected chi connectivity index (χ3v) is 5.57. The molecule has 8 heteroatoms. The van der Waals surface area contributed by atoms with Gasteiger partial charge in [0.05, 0.1) is 0 Å². The number of aryl methyl sites for hydroxylation is 1. The molecule has 2 amide bonds. The number of primary amides is 1. The summed E-state index contributed by atoms with van der Waals surface area (Å²) in [7, 11) is 0. The predicted molar refractivity (Wildman–Crippen MR) is 112 cm³/mol. The lowest BCUT2D eigenvalue weighted by Crippen LogP contribution is -2.43. The number of likely N-dealkylation sites (tertiary alicyclic amines) is 1. The molecule has 1 saturated heterocycles. The van der Waals surface area contributed by atoms with Crippen LogP contribution in [0.1, 0.15) is 49.6 Å². The molecule has 0 radical (unpaired) electrons. The second-order valence-corrected chi connectivity index (χ2v) is 7.64. The third-order valence-electron chi connectivity index (χ3n) is 5.57. The minimum atomic E-state index is -0.823. The van der Waals surface area contributed by atoms with Crippen LogP contribution in [0.2, 0.25) is 0 Å². The summed E-state index contributed by atoms with van der Waals surface area (Å²) in [4.78, 5) is 37.4. The average molecular weight is 415 g/mol. The monoisotopic (exact) mass is 414 g/mol. The van der Waals surface area contributed by atoms with E-state index in [4.69, 9.17) is 10.5 Å². The zero-order valence-corrected chi connectivity index (χ0v) is 17.9. The number of nitriles is 1. The summed E-state index contributed by atoms with van der Waals surface area (Å²) < 4.78 is 7.24. The van der Waals surface area contributed by atoms with Gasteiger partial charge in [0.2, 0.25) is 5.91 Å². The summed E-state index contributed by atoms with van der Waals surface area (Å²) in [6.45, 7) is 7.31. The maximum atomic E-state index is 12.3. The first kappa shape index (κ1) is 23.2. The van der Waals surface area contributed by atoms with Gasteiger partial charge in [-0.05, 0) is 50.8 Å². The summed E-state index contributed by atoms with van der Waals surface area (Å²) in [5.74, 6) is -1.75. The van der Waals surface area contributed by atoms with Crippen molar-refractivity contribution in [2.45, 2.75) is 53.0 Å². The smallest absolute Gasteiger partial charge is 0.349 e. The summed E-state index contributed by atoms with van der Waals surface area (Å²) in [6.07, 6.45) is 4.64. The van der Waals surface area contributed by atoms with Gasteiger partial charge in [0.25, 0.3) is 5.91 Å². The van der Waals surface area contributed by atoms with Crippen LogP contribution in [0.15, 0.2) is 11.6 Å². The van der Waals surface area contributed by atoms with Crippen LogP contribution in [-0.4, -0.2) is 46.9 Å². The minimum Gasteiger partial charge on any atom is -0.451 e. The number of nitrogens with two attached hydrogens (primary N) is 1. The molecular formula is C22H30N4O4. The number of piperidine rings is 1. The Hall–Kier alpha value is -3.08. The Morgan fingerprint density at radius 2 is 1.97 bits per heavy atom. The lowest BCUT2D eigenvalue weighted by Gasteiger charge is -2.30. The van der Waals surface area contributed by atoms with E-state index in [0.29, 0.717) is 25.9 Å². The molecule has 162 valence electrons. The number of carbonyl (C=O) groups is 3. The first-order valence-corrected chi connectivity index (χ1v) is 10.3. The molecule has 1 aliphatic heterocycles. The Morgan fingerprint density at radius 3 is 2.53 bits per heavy atom. The molecule has 0 unspecified atom stereocenters. The van der Waals surface area contributed by atoms with Gasteiger partial charge in [-0.3, -0.25) is 9.59 Å². The van der Waals surface area contributed by atoms with E-state index in [2.05, 4.69) is 11.5 Å². The van der Waals surface area contributed by atoms with Crippen molar-refractivity contribution in [1.82, 2.24) is 9.47 Å². The van der Waals surface area contributed by atoms with E-state index in [9.17, 15) is 19.6 Å². The van der Waals surface area contributed by atoms with Crippen molar-refractivity contribution in [2.75, 3.05) is 19.7 Å². The standard InChI is InChI=1S/C22H30N4O4/c1-4-5-8-26-15(2)11-18(16(26)3)12-19(13-23)22(29)30-14-20(27)25-9-6-17(7-10-25)21(24)28/h11-12,17H,4-10,14H2,1-3H3,(H2,24,28)/b19-12+. The summed E-state index contributed by atoms with van der Waals surface area (Å²) in [5, 5.41) is 9.40. The number of rotatable bonds is 8. The normalized spacial score (nSPS) is 15.0. The maximum Gasteiger partial charge on any atom is 0.349 e. The molecule has 2 heterocycles. The minimum absolute atomic E-state index is 0.147. The van der Waals surface area contributed by atoms with Crippen molar-refractivity contribution in [3.8, 4) is 6.07 Å². The molecule has 1 aromatic heterocycles. The van der Waals surface area contributed by atoms with Crippen LogP contribution in [0.4, 0.5) is 0 Å². The number of hydrogen-bond acceptors (Lipinski definition) is 5. The molecule has 0 aliphatic carbocycles. The average Bonchev–Trinajstić information content (AvgIpc) is 3.00. The van der Waals surface area contributed by atoms with Gasteiger partial charge in [-0.1, -0.05) is 13.3 Å². The first-order chi connectivity index (χ1) is 14.3. The van der Waals surface area contributed by atoms with Crippen LogP contribution >= 0.6 is 0 Å². The Bertz CT molecular complexity index is 870. The second kappa shape index (κ2) is 10.6. The van der Waals surface area contributed by atoms with Gasteiger partial charge < -0.3 is 19.9 Å². The van der Waals surface area contributed by atoms with E-state index in [1.54, 1.807) is 4.90 Å². The molecular weight excluding hydrogens is 384 g/mol. The summed E-state index contributed by atoms with van der Waals surface area (Å²) in [6, 6.07) is 3.81. The number of carbonyl (C=O) groups excluding carboxylic acids is 3. The van der Waals surface area contributed by atoms with Crippen molar-refractivity contribution < 1.29 is 19.1 Å². The van der Waals surface area contributed by atoms with Crippen LogP contribution in [0, 0.1) is 31.1 Å². The highest BCUT2D eigenvalue weighted by molar-refractivity contribution is 5.99. The van der Waals surface area contributed by atoms with Crippen molar-refractivity contribution in [1.29, 1.82) is 5.26 Å².